The van der Waals surface area contributed by atoms with Gasteiger partial charge in [0.2, 0.25) is 5.91 Å². The van der Waals surface area contributed by atoms with Gasteiger partial charge in [0.1, 0.15) is 11.6 Å². The number of piperidine rings is 1. The van der Waals surface area contributed by atoms with Crippen LogP contribution in [0.25, 0.3) is 11.3 Å². The second-order valence-electron chi connectivity index (χ2n) is 8.90. The molecule has 2 fully saturated rings. The first-order valence-electron chi connectivity index (χ1n) is 9.98. The number of benzene rings is 1. The van der Waals surface area contributed by atoms with Crippen LogP contribution in [0.3, 0.4) is 0 Å². The minimum Gasteiger partial charge on any atom is -0.356 e. The molecule has 1 saturated carbocycles. The third kappa shape index (κ3) is 2.06. The molecule has 6 heteroatoms. The van der Waals surface area contributed by atoms with E-state index in [2.05, 4.69) is 29.4 Å². The summed E-state index contributed by atoms with van der Waals surface area (Å²) < 4.78 is 28.6. The number of fused-ring (bicyclic) bond motifs is 5. The number of hydrogen-bond donors (Lipinski definition) is 1. The van der Waals surface area contributed by atoms with Crippen molar-refractivity contribution in [1.29, 1.82) is 0 Å². The number of nitrogens with zero attached hydrogens (tertiary/aromatic N) is 2. The largest absolute Gasteiger partial charge is 0.356 e. The van der Waals surface area contributed by atoms with E-state index in [1.807, 2.05) is 0 Å². The summed E-state index contributed by atoms with van der Waals surface area (Å²) in [5.41, 5.74) is 1.43. The van der Waals surface area contributed by atoms with Crippen molar-refractivity contribution in [1.82, 2.24) is 15.5 Å². The molecule has 1 aromatic heterocycles. The van der Waals surface area contributed by atoms with E-state index in [0.717, 1.165) is 43.5 Å². The number of rotatable bonds is 2. The summed E-state index contributed by atoms with van der Waals surface area (Å²) in [4.78, 5) is 12.8. The maximum Gasteiger partial charge on any atom is 0.224 e. The number of carbonyl (C=O) groups excluding carboxylic acids is 1. The SMILES string of the molecule is CC1(C)[C@H]2CC[C@]1([C@H]1CCCNC1=O)c1nnc(-c3c(F)cccc3F)cc12. The summed E-state index contributed by atoms with van der Waals surface area (Å²) in [6.07, 6.45) is 3.65. The van der Waals surface area contributed by atoms with E-state index in [1.54, 1.807) is 6.07 Å². The Labute approximate surface area is 162 Å². The molecule has 2 aromatic rings. The summed E-state index contributed by atoms with van der Waals surface area (Å²) in [7, 11) is 0. The van der Waals surface area contributed by atoms with Crippen molar-refractivity contribution in [2.75, 3.05) is 6.54 Å². The van der Waals surface area contributed by atoms with Gasteiger partial charge in [-0.25, -0.2) is 8.78 Å². The summed E-state index contributed by atoms with van der Waals surface area (Å²) >= 11 is 0. The van der Waals surface area contributed by atoms with Crippen molar-refractivity contribution in [2.24, 2.45) is 11.3 Å². The quantitative estimate of drug-likeness (QED) is 0.849. The fourth-order valence-corrected chi connectivity index (χ4v) is 6.25. The monoisotopic (exact) mass is 383 g/mol. The Kier molecular flexibility index (Phi) is 3.68. The highest BCUT2D eigenvalue weighted by Crippen LogP contribution is 2.70. The molecule has 2 aliphatic carbocycles. The number of aromatic nitrogens is 2. The Hall–Kier alpha value is -2.37. The lowest BCUT2D eigenvalue weighted by Gasteiger charge is -2.44. The first kappa shape index (κ1) is 17.7. The minimum atomic E-state index is -0.641. The Bertz CT molecular complexity index is 969. The third-order valence-electron chi connectivity index (χ3n) is 7.57. The van der Waals surface area contributed by atoms with Crippen molar-refractivity contribution in [3.05, 3.63) is 47.2 Å². The fourth-order valence-electron chi connectivity index (χ4n) is 6.25. The van der Waals surface area contributed by atoms with Crippen LogP contribution >= 0.6 is 0 Å². The van der Waals surface area contributed by atoms with Crippen LogP contribution in [0.1, 0.15) is 56.7 Å². The normalized spacial score (nSPS) is 30.2. The molecule has 0 radical (unpaired) electrons. The van der Waals surface area contributed by atoms with Crippen LogP contribution in [0.5, 0.6) is 0 Å². The van der Waals surface area contributed by atoms with Gasteiger partial charge in [-0.15, -0.1) is 0 Å². The molecule has 3 atom stereocenters. The topological polar surface area (TPSA) is 54.9 Å². The number of carbonyl (C=O) groups is 1. The second-order valence-corrected chi connectivity index (χ2v) is 8.90. The molecule has 2 bridgehead atoms. The summed E-state index contributed by atoms with van der Waals surface area (Å²) in [5, 5.41) is 11.8. The van der Waals surface area contributed by atoms with Crippen LogP contribution in [0, 0.1) is 23.0 Å². The molecular weight excluding hydrogens is 360 g/mol. The van der Waals surface area contributed by atoms with Gasteiger partial charge in [0.05, 0.1) is 17.0 Å². The van der Waals surface area contributed by atoms with E-state index in [4.69, 9.17) is 0 Å². The zero-order valence-electron chi connectivity index (χ0n) is 16.1. The molecule has 3 aliphatic rings. The number of nitrogens with one attached hydrogen (secondary N) is 1. The van der Waals surface area contributed by atoms with Gasteiger partial charge in [-0.1, -0.05) is 19.9 Å². The van der Waals surface area contributed by atoms with E-state index in [0.29, 0.717) is 0 Å². The van der Waals surface area contributed by atoms with Crippen LogP contribution in [0.15, 0.2) is 24.3 Å². The van der Waals surface area contributed by atoms with Gasteiger partial charge in [0.25, 0.3) is 0 Å². The van der Waals surface area contributed by atoms with E-state index in [9.17, 15) is 13.6 Å². The third-order valence-corrected chi connectivity index (χ3v) is 7.57. The minimum absolute atomic E-state index is 0.0962. The van der Waals surface area contributed by atoms with Crippen LogP contribution in [-0.4, -0.2) is 22.6 Å². The zero-order valence-corrected chi connectivity index (χ0v) is 16.1. The van der Waals surface area contributed by atoms with Gasteiger partial charge in [0, 0.05) is 17.9 Å². The Balaban J connectivity index is 1.68. The lowest BCUT2D eigenvalue weighted by molar-refractivity contribution is -0.131. The first-order valence-corrected chi connectivity index (χ1v) is 9.98. The molecule has 1 N–H and O–H groups in total. The molecular formula is C22H23F2N3O. The average molecular weight is 383 g/mol. The lowest BCUT2D eigenvalue weighted by Crippen LogP contribution is -2.52. The van der Waals surface area contributed by atoms with E-state index >= 15 is 0 Å². The number of amides is 1. The molecule has 5 rings (SSSR count). The molecule has 4 nitrogen and oxygen atoms in total. The smallest absolute Gasteiger partial charge is 0.224 e. The standard InChI is InChI=1S/C22H23F2N3O/c1-21(2)13-8-9-22(21,14-5-4-10-25-20(14)28)19-12(13)11-17(26-27-19)18-15(23)6-3-7-16(18)24/h3,6-7,11,13-14H,4-5,8-10H2,1-2H3,(H,25,28)/t13-,14-,22-/m0/s1. The highest BCUT2D eigenvalue weighted by Gasteiger charge is 2.67. The Morgan fingerprint density at radius 2 is 1.86 bits per heavy atom. The van der Waals surface area contributed by atoms with Crippen molar-refractivity contribution in [3.63, 3.8) is 0 Å². The second kappa shape index (κ2) is 5.82. The van der Waals surface area contributed by atoms with Crippen LogP contribution in [0.2, 0.25) is 0 Å². The van der Waals surface area contributed by atoms with E-state index in [1.165, 1.54) is 18.2 Å². The van der Waals surface area contributed by atoms with Gasteiger partial charge in [-0.05, 0) is 60.8 Å². The fraction of sp³-hybridized carbons (Fsp3) is 0.500. The maximum absolute atomic E-state index is 14.3. The first-order chi connectivity index (χ1) is 13.4. The highest BCUT2D eigenvalue weighted by molar-refractivity contribution is 5.82. The van der Waals surface area contributed by atoms with Crippen LogP contribution in [0.4, 0.5) is 8.78 Å². The predicted octanol–water partition coefficient (Wildman–Crippen LogP) is 4.10. The van der Waals surface area contributed by atoms with Crippen LogP contribution < -0.4 is 5.32 Å². The highest BCUT2D eigenvalue weighted by atomic mass is 19.1. The van der Waals surface area contributed by atoms with Gasteiger partial charge in [0.15, 0.2) is 0 Å². The summed E-state index contributed by atoms with van der Waals surface area (Å²) in [5.74, 6) is -1.11. The number of halogens is 2. The molecule has 1 saturated heterocycles. The zero-order chi connectivity index (χ0) is 19.7. The molecule has 0 unspecified atom stereocenters. The average Bonchev–Trinajstić information content (AvgIpc) is 3.03. The van der Waals surface area contributed by atoms with Gasteiger partial charge >= 0.3 is 0 Å². The van der Waals surface area contributed by atoms with Gasteiger partial charge < -0.3 is 5.32 Å². The Morgan fingerprint density at radius 3 is 2.57 bits per heavy atom. The molecule has 1 amide bonds. The van der Waals surface area contributed by atoms with E-state index in [-0.39, 0.29) is 39.8 Å². The molecule has 2 heterocycles. The predicted molar refractivity (Wildman–Crippen MR) is 101 cm³/mol. The van der Waals surface area contributed by atoms with Crippen molar-refractivity contribution >= 4 is 5.91 Å². The lowest BCUT2D eigenvalue weighted by atomic mass is 9.59. The van der Waals surface area contributed by atoms with Gasteiger partial charge in [-0.3, -0.25) is 4.79 Å². The maximum atomic E-state index is 14.3. The molecule has 0 spiro atoms. The van der Waals surface area contributed by atoms with Crippen molar-refractivity contribution in [2.45, 2.75) is 50.9 Å². The van der Waals surface area contributed by atoms with Crippen LogP contribution in [-0.2, 0) is 10.2 Å². The van der Waals surface area contributed by atoms with E-state index < -0.39 is 11.6 Å². The summed E-state index contributed by atoms with van der Waals surface area (Å²) in [6.45, 7) is 5.13. The molecule has 146 valence electrons. The summed E-state index contributed by atoms with van der Waals surface area (Å²) in [6, 6.07) is 5.61. The van der Waals surface area contributed by atoms with Gasteiger partial charge in [-0.2, -0.15) is 10.2 Å². The molecule has 28 heavy (non-hydrogen) atoms. The number of hydrogen-bond acceptors (Lipinski definition) is 3. The van der Waals surface area contributed by atoms with Crippen molar-refractivity contribution < 1.29 is 13.6 Å². The Morgan fingerprint density at radius 1 is 1.11 bits per heavy atom. The molecule has 1 aliphatic heterocycles. The van der Waals surface area contributed by atoms with Crippen molar-refractivity contribution in [3.8, 4) is 11.3 Å². The molecule has 1 aromatic carbocycles.